The normalized spacial score (nSPS) is 16.1. The van der Waals surface area contributed by atoms with E-state index in [9.17, 15) is 9.59 Å². The van der Waals surface area contributed by atoms with E-state index in [0.29, 0.717) is 38.5 Å². The zero-order chi connectivity index (χ0) is 19.5. The maximum Gasteiger partial charge on any atom is 0.409 e. The Labute approximate surface area is 163 Å². The molecule has 4 rings (SSSR count). The number of aromatic nitrogens is 2. The fraction of sp³-hybridized carbons (Fsp3) is 0.400. The van der Waals surface area contributed by atoms with Gasteiger partial charge < -0.3 is 19.4 Å². The van der Waals surface area contributed by atoms with Crippen LogP contribution < -0.4 is 4.90 Å². The van der Waals surface area contributed by atoms with Crippen LogP contribution in [0.15, 0.2) is 36.4 Å². The summed E-state index contributed by atoms with van der Waals surface area (Å²) in [5.41, 5.74) is 2.76. The summed E-state index contributed by atoms with van der Waals surface area (Å²) in [5.74, 6) is 0.581. The first-order chi connectivity index (χ1) is 13.7. The van der Waals surface area contributed by atoms with E-state index in [1.807, 2.05) is 18.2 Å². The number of rotatable bonds is 3. The topological polar surface area (TPSA) is 78.9 Å². The molecular weight excluding hydrogens is 358 g/mol. The molecule has 146 valence electrons. The SMILES string of the molecule is CCOC(=O)N1CCN(C(=O)c2ccc(N3CCc4ccccc43)nn2)CC1. The molecule has 0 radical (unpaired) electrons. The van der Waals surface area contributed by atoms with Crippen LogP contribution in [0.25, 0.3) is 0 Å². The Morgan fingerprint density at radius 2 is 1.71 bits per heavy atom. The zero-order valence-corrected chi connectivity index (χ0v) is 15.9. The number of carbonyl (C=O) groups is 2. The third kappa shape index (κ3) is 3.49. The van der Waals surface area contributed by atoms with Crippen LogP contribution in [-0.2, 0) is 11.2 Å². The molecule has 1 aromatic heterocycles. The summed E-state index contributed by atoms with van der Waals surface area (Å²) in [6.45, 7) is 4.82. The van der Waals surface area contributed by atoms with Gasteiger partial charge in [0, 0.05) is 38.4 Å². The van der Waals surface area contributed by atoms with Crippen molar-refractivity contribution in [1.82, 2.24) is 20.0 Å². The molecule has 1 aromatic carbocycles. The van der Waals surface area contributed by atoms with Crippen molar-refractivity contribution >= 4 is 23.5 Å². The second kappa shape index (κ2) is 7.84. The average Bonchev–Trinajstić information content (AvgIpc) is 3.18. The molecular formula is C20H23N5O3. The Kier molecular flexibility index (Phi) is 5.10. The van der Waals surface area contributed by atoms with Gasteiger partial charge in [0.1, 0.15) is 0 Å². The van der Waals surface area contributed by atoms with E-state index in [4.69, 9.17) is 4.74 Å². The largest absolute Gasteiger partial charge is 0.450 e. The molecule has 0 N–H and O–H groups in total. The van der Waals surface area contributed by atoms with Crippen LogP contribution >= 0.6 is 0 Å². The number of para-hydroxylation sites is 1. The van der Waals surface area contributed by atoms with Crippen molar-refractivity contribution in [2.75, 3.05) is 44.2 Å². The molecule has 2 aliphatic rings. The number of hydrogen-bond donors (Lipinski definition) is 0. The second-order valence-corrected chi connectivity index (χ2v) is 6.79. The fourth-order valence-electron chi connectivity index (χ4n) is 3.63. The lowest BCUT2D eigenvalue weighted by molar-refractivity contribution is 0.0565. The number of ether oxygens (including phenoxy) is 1. The average molecular weight is 381 g/mol. The van der Waals surface area contributed by atoms with Crippen LogP contribution in [0.3, 0.4) is 0 Å². The summed E-state index contributed by atoms with van der Waals surface area (Å²) < 4.78 is 5.01. The summed E-state index contributed by atoms with van der Waals surface area (Å²) in [6, 6.07) is 11.8. The Bertz CT molecular complexity index is 862. The summed E-state index contributed by atoms with van der Waals surface area (Å²) in [5, 5.41) is 8.45. The molecule has 0 atom stereocenters. The molecule has 8 heteroatoms. The number of carbonyl (C=O) groups excluding carboxylic acids is 2. The molecule has 8 nitrogen and oxygen atoms in total. The van der Waals surface area contributed by atoms with Gasteiger partial charge in [0.15, 0.2) is 11.5 Å². The fourth-order valence-corrected chi connectivity index (χ4v) is 3.63. The van der Waals surface area contributed by atoms with Crippen LogP contribution in [0, 0.1) is 0 Å². The highest BCUT2D eigenvalue weighted by atomic mass is 16.6. The van der Waals surface area contributed by atoms with E-state index >= 15 is 0 Å². The first kappa shape index (κ1) is 18.2. The van der Waals surface area contributed by atoms with Crippen LogP contribution in [0.5, 0.6) is 0 Å². The van der Waals surface area contributed by atoms with E-state index < -0.39 is 0 Å². The van der Waals surface area contributed by atoms with E-state index in [-0.39, 0.29) is 12.0 Å². The first-order valence-corrected chi connectivity index (χ1v) is 9.57. The van der Waals surface area contributed by atoms with Gasteiger partial charge in [0.25, 0.3) is 5.91 Å². The second-order valence-electron chi connectivity index (χ2n) is 6.79. The number of hydrogen-bond acceptors (Lipinski definition) is 6. The van der Waals surface area contributed by atoms with Crippen LogP contribution in [0.4, 0.5) is 16.3 Å². The maximum atomic E-state index is 12.7. The highest BCUT2D eigenvalue weighted by molar-refractivity contribution is 5.92. The molecule has 3 heterocycles. The van der Waals surface area contributed by atoms with Gasteiger partial charge in [-0.3, -0.25) is 4.79 Å². The number of fused-ring (bicyclic) bond motifs is 1. The Morgan fingerprint density at radius 1 is 0.964 bits per heavy atom. The van der Waals surface area contributed by atoms with Gasteiger partial charge in [0.05, 0.1) is 6.61 Å². The molecule has 2 amide bonds. The van der Waals surface area contributed by atoms with Gasteiger partial charge in [-0.2, -0.15) is 0 Å². The Balaban J connectivity index is 1.40. The van der Waals surface area contributed by atoms with Crippen LogP contribution in [0.2, 0.25) is 0 Å². The lowest BCUT2D eigenvalue weighted by Gasteiger charge is -2.33. The summed E-state index contributed by atoms with van der Waals surface area (Å²) >= 11 is 0. The molecule has 0 bridgehead atoms. The third-order valence-corrected chi connectivity index (χ3v) is 5.13. The van der Waals surface area contributed by atoms with Gasteiger partial charge in [-0.1, -0.05) is 18.2 Å². The third-order valence-electron chi connectivity index (χ3n) is 5.13. The number of benzene rings is 1. The van der Waals surface area contributed by atoms with Crippen molar-refractivity contribution < 1.29 is 14.3 Å². The lowest BCUT2D eigenvalue weighted by atomic mass is 10.2. The maximum absolute atomic E-state index is 12.7. The van der Waals surface area contributed by atoms with Crippen molar-refractivity contribution in [3.63, 3.8) is 0 Å². The molecule has 0 aliphatic carbocycles. The van der Waals surface area contributed by atoms with Crippen molar-refractivity contribution in [3.8, 4) is 0 Å². The Morgan fingerprint density at radius 3 is 2.43 bits per heavy atom. The molecule has 1 fully saturated rings. The Hall–Kier alpha value is -3.16. The minimum absolute atomic E-state index is 0.163. The monoisotopic (exact) mass is 381 g/mol. The highest BCUT2D eigenvalue weighted by Gasteiger charge is 2.27. The van der Waals surface area contributed by atoms with Gasteiger partial charge in [0.2, 0.25) is 0 Å². The quantitative estimate of drug-likeness (QED) is 0.810. The van der Waals surface area contributed by atoms with Crippen molar-refractivity contribution in [2.45, 2.75) is 13.3 Å². The molecule has 0 spiro atoms. The summed E-state index contributed by atoms with van der Waals surface area (Å²) in [7, 11) is 0. The first-order valence-electron chi connectivity index (χ1n) is 9.57. The van der Waals surface area contributed by atoms with Gasteiger partial charge in [-0.15, -0.1) is 10.2 Å². The van der Waals surface area contributed by atoms with Gasteiger partial charge in [-0.05, 0) is 37.1 Å². The molecule has 0 unspecified atom stereocenters. The minimum atomic E-state index is -0.329. The standard InChI is InChI=1S/C20H23N5O3/c1-2-28-20(27)24-13-11-23(12-14-24)19(26)16-7-8-18(22-21-16)25-10-9-15-5-3-4-6-17(15)25/h3-8H,2,9-14H2,1H3. The van der Waals surface area contributed by atoms with Crippen molar-refractivity contribution in [1.29, 1.82) is 0 Å². The predicted octanol–water partition coefficient (Wildman–Crippen LogP) is 2.09. The van der Waals surface area contributed by atoms with Crippen molar-refractivity contribution in [2.24, 2.45) is 0 Å². The van der Waals surface area contributed by atoms with Crippen molar-refractivity contribution in [3.05, 3.63) is 47.7 Å². The number of nitrogens with zero attached hydrogens (tertiary/aromatic N) is 5. The minimum Gasteiger partial charge on any atom is -0.450 e. The van der Waals surface area contributed by atoms with E-state index in [2.05, 4.69) is 27.2 Å². The van der Waals surface area contributed by atoms with Crippen LogP contribution in [0.1, 0.15) is 23.0 Å². The summed E-state index contributed by atoms with van der Waals surface area (Å²) in [4.78, 5) is 29.9. The lowest BCUT2D eigenvalue weighted by Crippen LogP contribution is -2.50. The van der Waals surface area contributed by atoms with Crippen LogP contribution in [-0.4, -0.2) is 71.3 Å². The smallest absolute Gasteiger partial charge is 0.409 e. The number of anilines is 2. The molecule has 2 aromatic rings. The zero-order valence-electron chi connectivity index (χ0n) is 15.9. The van der Waals surface area contributed by atoms with E-state index in [0.717, 1.165) is 24.5 Å². The highest BCUT2D eigenvalue weighted by Crippen LogP contribution is 2.32. The number of amides is 2. The molecule has 0 saturated carbocycles. The number of piperazine rings is 1. The molecule has 1 saturated heterocycles. The predicted molar refractivity (Wildman–Crippen MR) is 104 cm³/mol. The molecule has 2 aliphatic heterocycles. The van der Waals surface area contributed by atoms with Gasteiger partial charge in [-0.25, -0.2) is 4.79 Å². The van der Waals surface area contributed by atoms with E-state index in [1.165, 1.54) is 5.56 Å². The molecule has 28 heavy (non-hydrogen) atoms. The van der Waals surface area contributed by atoms with Gasteiger partial charge >= 0.3 is 6.09 Å². The van der Waals surface area contributed by atoms with E-state index in [1.54, 1.807) is 22.8 Å². The summed E-state index contributed by atoms with van der Waals surface area (Å²) in [6.07, 6.45) is 0.646.